The average Bonchev–Trinajstić information content (AvgIpc) is 3.30. The van der Waals surface area contributed by atoms with Crippen LogP contribution < -0.4 is 25.1 Å². The molecular weight excluding hydrogens is 575 g/mol. The molecule has 6 rings (SSSR count). The molecule has 0 aliphatic carbocycles. The highest BCUT2D eigenvalue weighted by Crippen LogP contribution is 2.37. The minimum absolute atomic E-state index is 0.0388. The summed E-state index contributed by atoms with van der Waals surface area (Å²) in [5, 5.41) is 3.28. The number of methoxy groups -OCH3 is 2. The summed E-state index contributed by atoms with van der Waals surface area (Å²) < 4.78 is 35.3. The normalized spacial score (nSPS) is 10.9. The minimum atomic E-state index is -0.710. The van der Waals surface area contributed by atoms with Crippen LogP contribution in [-0.4, -0.2) is 34.5 Å². The third-order valence-corrected chi connectivity index (χ3v) is 7.42. The summed E-state index contributed by atoms with van der Waals surface area (Å²) in [4.78, 5) is 31.6. The smallest absolute Gasteiger partial charge is 0.284 e. The number of fused-ring (bicyclic) bond motifs is 1. The van der Waals surface area contributed by atoms with Crippen LogP contribution >= 0.6 is 0 Å². The average molecular weight is 605 g/mol. The molecule has 10 heteroatoms. The molecule has 226 valence electrons. The van der Waals surface area contributed by atoms with Gasteiger partial charge in [-0.2, -0.15) is 0 Å². The van der Waals surface area contributed by atoms with Gasteiger partial charge in [0.25, 0.3) is 11.5 Å². The number of nitrogens with zero attached hydrogens (tertiary/aromatic N) is 3. The highest BCUT2D eigenvalue weighted by atomic mass is 19.1. The molecule has 45 heavy (non-hydrogen) atoms. The van der Waals surface area contributed by atoms with E-state index in [1.807, 2.05) is 48.5 Å². The molecule has 0 radical (unpaired) electrons. The van der Waals surface area contributed by atoms with Crippen molar-refractivity contribution in [3.05, 3.63) is 136 Å². The van der Waals surface area contributed by atoms with Gasteiger partial charge >= 0.3 is 0 Å². The van der Waals surface area contributed by atoms with E-state index >= 15 is 4.39 Å². The monoisotopic (exact) mass is 604 g/mol. The third kappa shape index (κ3) is 5.73. The molecule has 0 aliphatic heterocycles. The number of aromatic nitrogens is 3. The van der Waals surface area contributed by atoms with Crippen molar-refractivity contribution in [1.29, 1.82) is 0 Å². The fourth-order valence-electron chi connectivity index (χ4n) is 5.19. The lowest BCUT2D eigenvalue weighted by atomic mass is 10.1. The van der Waals surface area contributed by atoms with Crippen LogP contribution in [0.5, 0.6) is 23.0 Å². The Labute approximate surface area is 258 Å². The van der Waals surface area contributed by atoms with E-state index in [1.54, 1.807) is 48.1 Å². The number of amides is 1. The number of carbonyl (C=O) groups excluding carboxylic acids is 1. The van der Waals surface area contributed by atoms with E-state index in [0.29, 0.717) is 46.1 Å². The molecule has 0 atom stereocenters. The lowest BCUT2D eigenvalue weighted by molar-refractivity contribution is 0.102. The van der Waals surface area contributed by atoms with Crippen molar-refractivity contribution in [2.24, 2.45) is 0 Å². The quantitative estimate of drug-likeness (QED) is 0.196. The number of para-hydroxylation sites is 1. The Bertz CT molecular complexity index is 2070. The molecule has 0 fully saturated rings. The van der Waals surface area contributed by atoms with E-state index < -0.39 is 17.3 Å². The Hall–Kier alpha value is -5.90. The maximum Gasteiger partial charge on any atom is 0.284 e. The van der Waals surface area contributed by atoms with E-state index in [4.69, 9.17) is 14.2 Å². The Balaban J connectivity index is 1.29. The second-order valence-corrected chi connectivity index (χ2v) is 10.2. The van der Waals surface area contributed by atoms with Crippen LogP contribution in [0.15, 0.2) is 108 Å². The summed E-state index contributed by atoms with van der Waals surface area (Å²) in [7, 11) is 3.05. The van der Waals surface area contributed by atoms with E-state index in [0.717, 1.165) is 11.6 Å². The van der Waals surface area contributed by atoms with Crippen LogP contribution in [0.25, 0.3) is 16.6 Å². The highest BCUT2D eigenvalue weighted by Gasteiger charge is 2.24. The predicted molar refractivity (Wildman–Crippen MR) is 170 cm³/mol. The zero-order valence-electron chi connectivity index (χ0n) is 24.8. The SMILES string of the molecule is COc1cc2nccc(Oc3ccc(NC(=O)c4c(C)n(Cc5ccccc5)n(-c5ccccc5)c4=O)cc3F)c2cc1OC. The zero-order valence-corrected chi connectivity index (χ0v) is 24.8. The Morgan fingerprint density at radius 2 is 1.53 bits per heavy atom. The zero-order chi connectivity index (χ0) is 31.5. The van der Waals surface area contributed by atoms with Crippen molar-refractivity contribution in [3.8, 4) is 28.7 Å². The van der Waals surface area contributed by atoms with Crippen molar-refractivity contribution in [1.82, 2.24) is 14.3 Å². The van der Waals surface area contributed by atoms with E-state index in [1.165, 1.54) is 31.0 Å². The second-order valence-electron chi connectivity index (χ2n) is 10.2. The van der Waals surface area contributed by atoms with Gasteiger partial charge in [-0.05, 0) is 48.9 Å². The van der Waals surface area contributed by atoms with Crippen molar-refractivity contribution < 1.29 is 23.4 Å². The van der Waals surface area contributed by atoms with Crippen molar-refractivity contribution >= 4 is 22.5 Å². The lowest BCUT2D eigenvalue weighted by Gasteiger charge is -2.14. The number of benzene rings is 4. The molecule has 0 bridgehead atoms. The van der Waals surface area contributed by atoms with E-state index in [2.05, 4.69) is 10.3 Å². The number of hydrogen-bond acceptors (Lipinski definition) is 6. The standard InChI is InChI=1S/C35H29FN4O5/c1-22-33(35(42)40(25-12-8-5-9-13-25)39(22)21-23-10-6-4-7-11-23)34(41)38-24-14-15-30(27(36)18-24)45-29-16-17-37-28-20-32(44-3)31(43-2)19-26(28)29/h4-20H,21H2,1-3H3,(H,38,41). The van der Waals surface area contributed by atoms with Crippen molar-refractivity contribution in [2.75, 3.05) is 19.5 Å². The molecule has 2 heterocycles. The molecule has 1 amide bonds. The van der Waals surface area contributed by atoms with Crippen LogP contribution in [0, 0.1) is 12.7 Å². The first-order chi connectivity index (χ1) is 21.9. The highest BCUT2D eigenvalue weighted by molar-refractivity contribution is 6.05. The fourth-order valence-corrected chi connectivity index (χ4v) is 5.19. The van der Waals surface area contributed by atoms with Crippen LogP contribution in [0.4, 0.5) is 10.1 Å². The van der Waals surface area contributed by atoms with Gasteiger partial charge in [0.05, 0.1) is 37.7 Å². The van der Waals surface area contributed by atoms with Gasteiger partial charge in [0.15, 0.2) is 23.1 Å². The molecule has 0 spiro atoms. The summed E-state index contributed by atoms with van der Waals surface area (Å²) in [6.07, 6.45) is 1.55. The lowest BCUT2D eigenvalue weighted by Crippen LogP contribution is -2.26. The minimum Gasteiger partial charge on any atom is -0.493 e. The number of nitrogens with one attached hydrogen (secondary N) is 1. The molecule has 0 saturated heterocycles. The van der Waals surface area contributed by atoms with Crippen LogP contribution in [0.2, 0.25) is 0 Å². The molecule has 2 aromatic heterocycles. The van der Waals surface area contributed by atoms with Gasteiger partial charge in [-0.25, -0.2) is 9.07 Å². The Morgan fingerprint density at radius 1 is 0.844 bits per heavy atom. The number of hydrogen-bond donors (Lipinski definition) is 1. The molecule has 4 aromatic carbocycles. The van der Waals surface area contributed by atoms with Gasteiger partial charge in [-0.15, -0.1) is 0 Å². The molecule has 6 aromatic rings. The van der Waals surface area contributed by atoms with Crippen LogP contribution in [0.1, 0.15) is 21.6 Å². The van der Waals surface area contributed by atoms with Gasteiger partial charge in [0.2, 0.25) is 0 Å². The number of pyridine rings is 1. The molecule has 0 saturated carbocycles. The number of ether oxygens (including phenoxy) is 3. The Morgan fingerprint density at radius 3 is 2.22 bits per heavy atom. The number of halogens is 1. The molecular formula is C35H29FN4O5. The maximum atomic E-state index is 15.3. The number of carbonyl (C=O) groups is 1. The molecule has 1 N–H and O–H groups in total. The van der Waals surface area contributed by atoms with Crippen LogP contribution in [0.3, 0.4) is 0 Å². The van der Waals surface area contributed by atoms with E-state index in [-0.39, 0.29) is 17.0 Å². The molecule has 0 aliphatic rings. The largest absolute Gasteiger partial charge is 0.493 e. The fraction of sp³-hybridized carbons (Fsp3) is 0.114. The molecule has 9 nitrogen and oxygen atoms in total. The van der Waals surface area contributed by atoms with E-state index in [9.17, 15) is 9.59 Å². The summed E-state index contributed by atoms with van der Waals surface area (Å²) in [5.74, 6) is -0.0929. The summed E-state index contributed by atoms with van der Waals surface area (Å²) in [6.45, 7) is 2.09. The van der Waals surface area contributed by atoms with Gasteiger partial charge in [-0.1, -0.05) is 48.5 Å². The van der Waals surface area contributed by atoms with Gasteiger partial charge in [0.1, 0.15) is 11.3 Å². The Kier molecular flexibility index (Phi) is 8.03. The maximum absolute atomic E-state index is 15.3. The first kappa shape index (κ1) is 29.2. The van der Waals surface area contributed by atoms with Crippen molar-refractivity contribution in [3.63, 3.8) is 0 Å². The summed E-state index contributed by atoms with van der Waals surface area (Å²) in [5.41, 5.74) is 2.27. The summed E-state index contributed by atoms with van der Waals surface area (Å²) >= 11 is 0. The first-order valence-corrected chi connectivity index (χ1v) is 14.1. The van der Waals surface area contributed by atoms with Gasteiger partial charge in [-0.3, -0.25) is 19.3 Å². The van der Waals surface area contributed by atoms with Crippen molar-refractivity contribution in [2.45, 2.75) is 13.5 Å². The predicted octanol–water partition coefficient (Wildman–Crippen LogP) is 6.74. The number of rotatable bonds is 9. The van der Waals surface area contributed by atoms with Crippen LogP contribution in [-0.2, 0) is 6.54 Å². The first-order valence-electron chi connectivity index (χ1n) is 14.1. The van der Waals surface area contributed by atoms with Gasteiger partial charge in [0, 0.05) is 29.4 Å². The summed E-state index contributed by atoms with van der Waals surface area (Å²) in [6, 6.07) is 27.9. The number of anilines is 1. The van der Waals surface area contributed by atoms with Gasteiger partial charge < -0.3 is 19.5 Å². The topological polar surface area (TPSA) is 96.6 Å². The molecule has 0 unspecified atom stereocenters. The third-order valence-electron chi connectivity index (χ3n) is 7.42. The second kappa shape index (κ2) is 12.4.